The van der Waals surface area contributed by atoms with E-state index in [4.69, 9.17) is 5.73 Å². The maximum atomic E-state index is 13.1. The lowest BCUT2D eigenvalue weighted by molar-refractivity contribution is 0.0990. The summed E-state index contributed by atoms with van der Waals surface area (Å²) in [4.78, 5) is 15.3. The first-order valence-corrected chi connectivity index (χ1v) is 6.49. The molecule has 1 heterocycles. The molecule has 0 saturated heterocycles. The summed E-state index contributed by atoms with van der Waals surface area (Å²) in [5.74, 6) is -0.174. The minimum absolute atomic E-state index is 0.0215. The minimum Gasteiger partial charge on any atom is -0.363 e. The first-order chi connectivity index (χ1) is 9.51. The second kappa shape index (κ2) is 5.81. The Labute approximate surface area is 116 Å². The highest BCUT2D eigenvalue weighted by atomic mass is 19.1. The highest BCUT2D eigenvalue weighted by molar-refractivity contribution is 5.88. The van der Waals surface area contributed by atoms with Gasteiger partial charge in [0.2, 0.25) is 5.82 Å². The number of hydrogen-bond acceptors (Lipinski definition) is 3. The first kappa shape index (κ1) is 14.2. The molecule has 1 aromatic carbocycles. The van der Waals surface area contributed by atoms with E-state index in [0.717, 1.165) is 17.5 Å². The van der Waals surface area contributed by atoms with Gasteiger partial charge in [-0.15, -0.1) is 5.10 Å². The molecule has 0 aliphatic rings. The van der Waals surface area contributed by atoms with Crippen molar-refractivity contribution >= 4 is 5.91 Å². The number of aromatic nitrogens is 3. The summed E-state index contributed by atoms with van der Waals surface area (Å²) < 4.78 is 14.8. The van der Waals surface area contributed by atoms with Gasteiger partial charge in [0.05, 0.1) is 6.54 Å². The number of halogens is 1. The van der Waals surface area contributed by atoms with E-state index in [2.05, 4.69) is 10.1 Å². The Morgan fingerprint density at radius 3 is 2.80 bits per heavy atom. The first-order valence-electron chi connectivity index (χ1n) is 6.49. The van der Waals surface area contributed by atoms with E-state index >= 15 is 0 Å². The normalized spacial score (nSPS) is 10.8. The Bertz CT molecular complexity index is 636. The van der Waals surface area contributed by atoms with Gasteiger partial charge in [-0.2, -0.15) is 0 Å². The predicted molar refractivity (Wildman–Crippen MR) is 72.8 cm³/mol. The molecular formula is C14H17FN4O. The molecule has 2 rings (SSSR count). The van der Waals surface area contributed by atoms with Crippen molar-refractivity contribution in [2.75, 3.05) is 0 Å². The molecule has 0 atom stereocenters. The monoisotopic (exact) mass is 276 g/mol. The number of amides is 1. The third-order valence-corrected chi connectivity index (χ3v) is 3.07. The number of nitrogens with zero attached hydrogens (tertiary/aromatic N) is 3. The molecule has 1 aromatic heterocycles. The summed E-state index contributed by atoms with van der Waals surface area (Å²) in [6.45, 7) is 4.30. The minimum atomic E-state index is -0.642. The summed E-state index contributed by atoms with van der Waals surface area (Å²) in [5.41, 5.74) is 6.98. The second-order valence-corrected chi connectivity index (χ2v) is 4.69. The van der Waals surface area contributed by atoms with Gasteiger partial charge in [0.25, 0.3) is 5.91 Å². The molecule has 0 spiro atoms. The Balaban J connectivity index is 2.33. The lowest BCUT2D eigenvalue weighted by Crippen LogP contribution is -2.14. The van der Waals surface area contributed by atoms with Crippen LogP contribution in [0.5, 0.6) is 0 Å². The molecule has 20 heavy (non-hydrogen) atoms. The maximum absolute atomic E-state index is 13.1. The van der Waals surface area contributed by atoms with Crippen molar-refractivity contribution in [1.82, 2.24) is 14.8 Å². The molecule has 0 unspecified atom stereocenters. The van der Waals surface area contributed by atoms with Crippen molar-refractivity contribution < 1.29 is 9.18 Å². The van der Waals surface area contributed by atoms with Crippen LogP contribution in [-0.2, 0) is 13.0 Å². The van der Waals surface area contributed by atoms with Crippen LogP contribution in [0.2, 0.25) is 0 Å². The van der Waals surface area contributed by atoms with Crippen LogP contribution in [0.15, 0.2) is 18.2 Å². The van der Waals surface area contributed by atoms with E-state index < -0.39 is 5.91 Å². The van der Waals surface area contributed by atoms with E-state index in [-0.39, 0.29) is 11.6 Å². The molecule has 0 saturated carbocycles. The van der Waals surface area contributed by atoms with Crippen LogP contribution in [0.3, 0.4) is 0 Å². The molecule has 106 valence electrons. The number of benzene rings is 1. The number of carbonyl (C=O) groups is 1. The highest BCUT2D eigenvalue weighted by Crippen LogP contribution is 2.13. The molecule has 5 nitrogen and oxygen atoms in total. The van der Waals surface area contributed by atoms with Gasteiger partial charge in [0, 0.05) is 6.42 Å². The van der Waals surface area contributed by atoms with Crippen LogP contribution in [0.1, 0.15) is 40.9 Å². The summed E-state index contributed by atoms with van der Waals surface area (Å²) in [6.07, 6.45) is 1.60. The lowest BCUT2D eigenvalue weighted by Gasteiger charge is -2.08. The van der Waals surface area contributed by atoms with Crippen molar-refractivity contribution in [1.29, 1.82) is 0 Å². The fourth-order valence-corrected chi connectivity index (χ4v) is 2.01. The number of nitrogens with two attached hydrogens (primary N) is 1. The van der Waals surface area contributed by atoms with E-state index in [9.17, 15) is 9.18 Å². The topological polar surface area (TPSA) is 73.8 Å². The summed E-state index contributed by atoms with van der Waals surface area (Å²) in [6, 6.07) is 4.60. The van der Waals surface area contributed by atoms with Gasteiger partial charge in [-0.05, 0) is 36.6 Å². The average molecular weight is 276 g/mol. The van der Waals surface area contributed by atoms with E-state index in [0.29, 0.717) is 18.8 Å². The number of aryl methyl sites for hydroxylation is 2. The maximum Gasteiger partial charge on any atom is 0.288 e. The van der Waals surface area contributed by atoms with Crippen LogP contribution in [0.25, 0.3) is 0 Å². The number of hydrogen-bond donors (Lipinski definition) is 1. The van der Waals surface area contributed by atoms with Gasteiger partial charge < -0.3 is 5.73 Å². The smallest absolute Gasteiger partial charge is 0.288 e. The van der Waals surface area contributed by atoms with Crippen molar-refractivity contribution in [2.24, 2.45) is 5.73 Å². The Hall–Kier alpha value is -2.24. The van der Waals surface area contributed by atoms with Crippen molar-refractivity contribution in [3.05, 3.63) is 46.8 Å². The number of primary amides is 1. The van der Waals surface area contributed by atoms with Crippen LogP contribution in [0.4, 0.5) is 4.39 Å². The summed E-state index contributed by atoms with van der Waals surface area (Å²) >= 11 is 0. The van der Waals surface area contributed by atoms with Gasteiger partial charge in [0.15, 0.2) is 0 Å². The number of carbonyl (C=O) groups excluding carboxylic acids is 1. The Kier molecular flexibility index (Phi) is 4.12. The van der Waals surface area contributed by atoms with Crippen LogP contribution in [0, 0.1) is 12.7 Å². The van der Waals surface area contributed by atoms with E-state index in [1.165, 1.54) is 12.1 Å². The molecule has 1 amide bonds. The molecule has 0 aliphatic carbocycles. The quantitative estimate of drug-likeness (QED) is 0.905. The standard InChI is InChI=1S/C14H17FN4O/c1-3-4-12-17-14(13(16)20)18-19(12)8-10-5-6-11(15)7-9(10)2/h5-7H,3-4,8H2,1-2H3,(H2,16,20). The largest absolute Gasteiger partial charge is 0.363 e. The Morgan fingerprint density at radius 2 is 2.20 bits per heavy atom. The molecular weight excluding hydrogens is 259 g/mol. The van der Waals surface area contributed by atoms with Crippen molar-refractivity contribution in [3.8, 4) is 0 Å². The molecule has 2 N–H and O–H groups in total. The zero-order valence-corrected chi connectivity index (χ0v) is 11.6. The fraction of sp³-hybridized carbons (Fsp3) is 0.357. The van der Waals surface area contributed by atoms with Crippen LogP contribution in [-0.4, -0.2) is 20.7 Å². The SMILES string of the molecule is CCCc1nc(C(N)=O)nn1Cc1ccc(F)cc1C. The predicted octanol–water partition coefficient (Wildman–Crippen LogP) is 1.83. The zero-order chi connectivity index (χ0) is 14.7. The molecule has 0 radical (unpaired) electrons. The van der Waals surface area contributed by atoms with Gasteiger partial charge in [0.1, 0.15) is 11.6 Å². The van der Waals surface area contributed by atoms with Crippen molar-refractivity contribution in [2.45, 2.75) is 33.2 Å². The molecule has 6 heteroatoms. The molecule has 0 bridgehead atoms. The molecule has 0 aliphatic heterocycles. The molecule has 2 aromatic rings. The fourth-order valence-electron chi connectivity index (χ4n) is 2.01. The van der Waals surface area contributed by atoms with Gasteiger partial charge >= 0.3 is 0 Å². The second-order valence-electron chi connectivity index (χ2n) is 4.69. The van der Waals surface area contributed by atoms with Crippen LogP contribution >= 0.6 is 0 Å². The lowest BCUT2D eigenvalue weighted by atomic mass is 10.1. The highest BCUT2D eigenvalue weighted by Gasteiger charge is 2.14. The van der Waals surface area contributed by atoms with Gasteiger partial charge in [-0.1, -0.05) is 13.0 Å². The third kappa shape index (κ3) is 3.01. The van der Waals surface area contributed by atoms with Gasteiger partial charge in [-0.25, -0.2) is 14.1 Å². The van der Waals surface area contributed by atoms with Gasteiger partial charge in [-0.3, -0.25) is 4.79 Å². The van der Waals surface area contributed by atoms with Crippen LogP contribution < -0.4 is 5.73 Å². The zero-order valence-electron chi connectivity index (χ0n) is 11.6. The van der Waals surface area contributed by atoms with Crippen molar-refractivity contribution in [3.63, 3.8) is 0 Å². The summed E-state index contributed by atoms with van der Waals surface area (Å²) in [5, 5.41) is 4.12. The van der Waals surface area contributed by atoms with E-state index in [1.807, 2.05) is 13.8 Å². The summed E-state index contributed by atoms with van der Waals surface area (Å²) in [7, 11) is 0. The van der Waals surface area contributed by atoms with E-state index in [1.54, 1.807) is 10.7 Å². The average Bonchev–Trinajstić information content (AvgIpc) is 2.77. The molecule has 0 fully saturated rings. The number of rotatable bonds is 5. The third-order valence-electron chi connectivity index (χ3n) is 3.07. The Morgan fingerprint density at radius 1 is 1.45 bits per heavy atom.